The molecular formula is C15H18N2O3. The molecule has 5 nitrogen and oxygen atoms in total. The number of hydrogen-bond donors (Lipinski definition) is 0. The maximum atomic E-state index is 5.19. The van der Waals surface area contributed by atoms with E-state index in [9.17, 15) is 0 Å². The van der Waals surface area contributed by atoms with Crippen molar-refractivity contribution in [1.29, 1.82) is 0 Å². The number of hydrogen-bond acceptors (Lipinski definition) is 5. The Kier molecular flexibility index (Phi) is 5.03. The lowest BCUT2D eigenvalue weighted by Gasteiger charge is -2.13. The van der Waals surface area contributed by atoms with Gasteiger partial charge >= 0.3 is 0 Å². The van der Waals surface area contributed by atoms with Gasteiger partial charge in [-0.15, -0.1) is 0 Å². The van der Waals surface area contributed by atoms with Crippen LogP contribution in [-0.2, 0) is 15.9 Å². The van der Waals surface area contributed by atoms with Crippen LogP contribution in [0.1, 0.15) is 23.4 Å². The minimum atomic E-state index is -0.465. The number of benzene rings is 1. The molecule has 1 aromatic carbocycles. The first-order valence-electron chi connectivity index (χ1n) is 6.27. The van der Waals surface area contributed by atoms with E-state index in [1.165, 1.54) is 0 Å². The van der Waals surface area contributed by atoms with E-state index in [4.69, 9.17) is 14.2 Å². The number of methoxy groups -OCH3 is 3. The zero-order valence-electron chi connectivity index (χ0n) is 11.9. The van der Waals surface area contributed by atoms with E-state index in [1.807, 2.05) is 24.3 Å². The molecule has 0 aliphatic rings. The van der Waals surface area contributed by atoms with Crippen LogP contribution in [0.25, 0.3) is 0 Å². The standard InChI is InChI=1S/C15H18N2O3/c1-18-12-6-4-11(5-7-12)10-14-16-9-8-13(17-14)15(19-2)20-3/h4-9,15H,10H2,1-3H3. The van der Waals surface area contributed by atoms with Crippen molar-refractivity contribution in [3.05, 3.63) is 53.6 Å². The molecule has 2 rings (SSSR count). The van der Waals surface area contributed by atoms with Gasteiger partial charge in [0, 0.05) is 26.8 Å². The molecule has 0 saturated carbocycles. The lowest BCUT2D eigenvalue weighted by atomic mass is 10.1. The first-order valence-corrected chi connectivity index (χ1v) is 6.27. The Hall–Kier alpha value is -1.98. The molecule has 0 spiro atoms. The van der Waals surface area contributed by atoms with Crippen molar-refractivity contribution in [3.63, 3.8) is 0 Å². The molecule has 1 aromatic heterocycles. The van der Waals surface area contributed by atoms with Gasteiger partial charge in [-0.3, -0.25) is 0 Å². The molecule has 0 fully saturated rings. The molecular weight excluding hydrogens is 256 g/mol. The number of nitrogens with zero attached hydrogens (tertiary/aromatic N) is 2. The summed E-state index contributed by atoms with van der Waals surface area (Å²) >= 11 is 0. The SMILES string of the molecule is COc1ccc(Cc2nccc(C(OC)OC)n2)cc1. The smallest absolute Gasteiger partial charge is 0.200 e. The molecule has 0 amide bonds. The second-order valence-electron chi connectivity index (χ2n) is 4.23. The van der Waals surface area contributed by atoms with Crippen LogP contribution >= 0.6 is 0 Å². The highest BCUT2D eigenvalue weighted by Crippen LogP contribution is 2.16. The minimum Gasteiger partial charge on any atom is -0.497 e. The Labute approximate surface area is 118 Å². The van der Waals surface area contributed by atoms with Crippen LogP contribution in [0, 0.1) is 0 Å². The molecule has 20 heavy (non-hydrogen) atoms. The quantitative estimate of drug-likeness (QED) is 0.757. The highest BCUT2D eigenvalue weighted by molar-refractivity contribution is 5.28. The zero-order valence-corrected chi connectivity index (χ0v) is 11.9. The predicted molar refractivity (Wildman–Crippen MR) is 74.6 cm³/mol. The molecule has 0 bridgehead atoms. The van der Waals surface area contributed by atoms with Gasteiger partial charge in [-0.2, -0.15) is 0 Å². The van der Waals surface area contributed by atoms with Crippen LogP contribution in [0.2, 0.25) is 0 Å². The Morgan fingerprint density at radius 2 is 1.70 bits per heavy atom. The van der Waals surface area contributed by atoms with Crippen molar-refractivity contribution in [2.24, 2.45) is 0 Å². The van der Waals surface area contributed by atoms with Gasteiger partial charge in [-0.25, -0.2) is 9.97 Å². The van der Waals surface area contributed by atoms with Crippen LogP contribution in [-0.4, -0.2) is 31.3 Å². The summed E-state index contributed by atoms with van der Waals surface area (Å²) in [6, 6.07) is 9.63. The minimum absolute atomic E-state index is 0.465. The first kappa shape index (κ1) is 14.4. The number of ether oxygens (including phenoxy) is 3. The fraction of sp³-hybridized carbons (Fsp3) is 0.333. The van der Waals surface area contributed by atoms with Crippen LogP contribution in [0.4, 0.5) is 0 Å². The Bertz CT molecular complexity index is 539. The fourth-order valence-electron chi connectivity index (χ4n) is 1.89. The fourth-order valence-corrected chi connectivity index (χ4v) is 1.89. The number of aromatic nitrogens is 2. The highest BCUT2D eigenvalue weighted by atomic mass is 16.7. The molecule has 2 aromatic rings. The van der Waals surface area contributed by atoms with Gasteiger partial charge in [-0.05, 0) is 23.8 Å². The van der Waals surface area contributed by atoms with E-state index in [0.29, 0.717) is 12.1 Å². The summed E-state index contributed by atoms with van der Waals surface area (Å²) in [5.41, 5.74) is 1.84. The largest absolute Gasteiger partial charge is 0.497 e. The molecule has 0 unspecified atom stereocenters. The average Bonchev–Trinajstić information content (AvgIpc) is 2.50. The van der Waals surface area contributed by atoms with Gasteiger partial charge in [0.2, 0.25) is 6.29 Å². The lowest BCUT2D eigenvalue weighted by Crippen LogP contribution is -2.08. The normalized spacial score (nSPS) is 10.8. The predicted octanol–water partition coefficient (Wildman–Crippen LogP) is 2.37. The van der Waals surface area contributed by atoms with Crippen LogP contribution in [0.5, 0.6) is 5.75 Å². The summed E-state index contributed by atoms with van der Waals surface area (Å²) < 4.78 is 15.5. The van der Waals surface area contributed by atoms with Gasteiger partial charge in [0.25, 0.3) is 0 Å². The maximum absolute atomic E-state index is 5.19. The van der Waals surface area contributed by atoms with Crippen molar-refractivity contribution >= 4 is 0 Å². The third-order valence-corrected chi connectivity index (χ3v) is 2.92. The summed E-state index contributed by atoms with van der Waals surface area (Å²) in [4.78, 5) is 8.74. The summed E-state index contributed by atoms with van der Waals surface area (Å²) in [5, 5.41) is 0. The van der Waals surface area contributed by atoms with E-state index in [-0.39, 0.29) is 0 Å². The van der Waals surface area contributed by atoms with Crippen molar-refractivity contribution in [3.8, 4) is 5.75 Å². The zero-order chi connectivity index (χ0) is 14.4. The van der Waals surface area contributed by atoms with E-state index in [0.717, 1.165) is 17.1 Å². The molecule has 0 radical (unpaired) electrons. The van der Waals surface area contributed by atoms with E-state index in [1.54, 1.807) is 33.6 Å². The molecule has 106 valence electrons. The number of rotatable bonds is 6. The Balaban J connectivity index is 2.14. The van der Waals surface area contributed by atoms with Crippen molar-refractivity contribution in [2.45, 2.75) is 12.7 Å². The van der Waals surface area contributed by atoms with Crippen molar-refractivity contribution < 1.29 is 14.2 Å². The van der Waals surface area contributed by atoms with E-state index >= 15 is 0 Å². The second-order valence-corrected chi connectivity index (χ2v) is 4.23. The molecule has 0 N–H and O–H groups in total. The monoisotopic (exact) mass is 274 g/mol. The second kappa shape index (κ2) is 6.98. The summed E-state index contributed by atoms with van der Waals surface area (Å²) in [6.07, 6.45) is 1.90. The molecule has 0 saturated heterocycles. The van der Waals surface area contributed by atoms with Crippen LogP contribution in [0.3, 0.4) is 0 Å². The first-order chi connectivity index (χ1) is 9.76. The summed E-state index contributed by atoms with van der Waals surface area (Å²) in [7, 11) is 4.82. The topological polar surface area (TPSA) is 53.5 Å². The average molecular weight is 274 g/mol. The molecule has 0 aliphatic heterocycles. The van der Waals surface area contributed by atoms with Gasteiger partial charge in [0.1, 0.15) is 11.6 Å². The lowest BCUT2D eigenvalue weighted by molar-refractivity contribution is -0.108. The van der Waals surface area contributed by atoms with Gasteiger partial charge in [0.15, 0.2) is 0 Å². The third-order valence-electron chi connectivity index (χ3n) is 2.92. The molecule has 5 heteroatoms. The summed E-state index contributed by atoms with van der Waals surface area (Å²) in [6.45, 7) is 0. The Morgan fingerprint density at radius 1 is 1.00 bits per heavy atom. The van der Waals surface area contributed by atoms with Gasteiger partial charge < -0.3 is 14.2 Å². The molecule has 0 atom stereocenters. The van der Waals surface area contributed by atoms with E-state index in [2.05, 4.69) is 9.97 Å². The maximum Gasteiger partial charge on any atom is 0.200 e. The third kappa shape index (κ3) is 3.53. The molecule has 1 heterocycles. The Morgan fingerprint density at radius 3 is 2.30 bits per heavy atom. The molecule has 0 aliphatic carbocycles. The van der Waals surface area contributed by atoms with Crippen LogP contribution in [0.15, 0.2) is 36.5 Å². The van der Waals surface area contributed by atoms with Crippen molar-refractivity contribution in [2.75, 3.05) is 21.3 Å². The summed E-state index contributed by atoms with van der Waals surface area (Å²) in [5.74, 6) is 1.56. The highest BCUT2D eigenvalue weighted by Gasteiger charge is 2.11. The van der Waals surface area contributed by atoms with E-state index < -0.39 is 6.29 Å². The van der Waals surface area contributed by atoms with Gasteiger partial charge in [0.05, 0.1) is 12.8 Å². The van der Waals surface area contributed by atoms with Crippen LogP contribution < -0.4 is 4.74 Å². The van der Waals surface area contributed by atoms with Crippen molar-refractivity contribution in [1.82, 2.24) is 9.97 Å². The van der Waals surface area contributed by atoms with Gasteiger partial charge in [-0.1, -0.05) is 12.1 Å².